The zero-order chi connectivity index (χ0) is 11.2. The number of piperidine rings is 1. The molecule has 16 heavy (non-hydrogen) atoms. The normalized spacial score (nSPS) is 23.3. The molecule has 0 saturated carbocycles. The summed E-state index contributed by atoms with van der Waals surface area (Å²) in [6.45, 7) is 3.61. The Hall–Kier alpha value is -1.35. The highest BCUT2D eigenvalue weighted by Crippen LogP contribution is 2.06. The van der Waals surface area contributed by atoms with Gasteiger partial charge in [-0.1, -0.05) is 35.5 Å². The summed E-state index contributed by atoms with van der Waals surface area (Å²) >= 11 is 0. The van der Waals surface area contributed by atoms with Crippen molar-refractivity contribution in [1.82, 2.24) is 5.32 Å². The molecule has 0 radical (unpaired) electrons. The van der Waals surface area contributed by atoms with Gasteiger partial charge >= 0.3 is 0 Å². The Morgan fingerprint density at radius 2 is 2.19 bits per heavy atom. The fraction of sp³-hybridized carbons (Fsp3) is 0.462. The van der Waals surface area contributed by atoms with Crippen LogP contribution in [0.2, 0.25) is 0 Å². The second-order valence-corrected chi connectivity index (χ2v) is 4.24. The van der Waals surface area contributed by atoms with E-state index in [1.807, 2.05) is 30.3 Å². The number of oxime groups is 1. The largest absolute Gasteiger partial charge is 0.391 e. The lowest BCUT2D eigenvalue weighted by Gasteiger charge is -2.20. The lowest BCUT2D eigenvalue weighted by Crippen LogP contribution is -2.37. The molecule has 1 aromatic rings. The molecule has 1 aliphatic rings. The molecule has 0 spiro atoms. The highest BCUT2D eigenvalue weighted by Gasteiger charge is 2.12. The van der Waals surface area contributed by atoms with E-state index in [4.69, 9.17) is 4.84 Å². The van der Waals surface area contributed by atoms with Crippen molar-refractivity contribution >= 4 is 5.71 Å². The molecule has 1 saturated heterocycles. The summed E-state index contributed by atoms with van der Waals surface area (Å²) in [6.07, 6.45) is 2.19. The van der Waals surface area contributed by atoms with Crippen LogP contribution >= 0.6 is 0 Å². The molecule has 1 atom stereocenters. The van der Waals surface area contributed by atoms with Crippen LogP contribution in [0.1, 0.15) is 25.3 Å². The Morgan fingerprint density at radius 1 is 1.38 bits per heavy atom. The first kappa shape index (κ1) is 11.1. The van der Waals surface area contributed by atoms with Crippen LogP contribution in [0.4, 0.5) is 0 Å². The first-order chi connectivity index (χ1) is 7.84. The molecule has 0 aromatic heterocycles. The lowest BCUT2D eigenvalue weighted by atomic mass is 10.1. The van der Waals surface area contributed by atoms with E-state index in [0.29, 0.717) is 12.6 Å². The molecule has 1 aromatic carbocycles. The predicted molar refractivity (Wildman–Crippen MR) is 65.4 cm³/mol. The number of rotatable bonds is 3. The molecule has 0 amide bonds. The van der Waals surface area contributed by atoms with Crippen LogP contribution in [0.5, 0.6) is 0 Å². The van der Waals surface area contributed by atoms with Gasteiger partial charge in [-0.3, -0.25) is 0 Å². The van der Waals surface area contributed by atoms with E-state index < -0.39 is 0 Å². The fourth-order valence-corrected chi connectivity index (χ4v) is 1.72. The lowest BCUT2D eigenvalue weighted by molar-refractivity contribution is 0.128. The van der Waals surface area contributed by atoms with Crippen molar-refractivity contribution in [2.75, 3.05) is 6.54 Å². The van der Waals surface area contributed by atoms with Gasteiger partial charge in [-0.25, -0.2) is 0 Å². The van der Waals surface area contributed by atoms with Crippen molar-refractivity contribution in [1.29, 1.82) is 0 Å². The Kier molecular flexibility index (Phi) is 3.94. The Bertz CT molecular complexity index is 338. The summed E-state index contributed by atoms with van der Waals surface area (Å²) < 4.78 is 0. The summed E-state index contributed by atoms with van der Waals surface area (Å²) in [4.78, 5) is 5.34. The van der Waals surface area contributed by atoms with Crippen molar-refractivity contribution in [2.45, 2.75) is 32.4 Å². The maximum Gasteiger partial charge on any atom is 0.142 e. The summed E-state index contributed by atoms with van der Waals surface area (Å²) in [5.41, 5.74) is 2.28. The molecule has 1 aliphatic heterocycles. The van der Waals surface area contributed by atoms with E-state index in [-0.39, 0.29) is 0 Å². The molecule has 1 fully saturated rings. The molecule has 1 heterocycles. The van der Waals surface area contributed by atoms with Gasteiger partial charge in [0.15, 0.2) is 0 Å². The number of nitrogens with zero attached hydrogens (tertiary/aromatic N) is 1. The van der Waals surface area contributed by atoms with Gasteiger partial charge in [-0.15, -0.1) is 0 Å². The van der Waals surface area contributed by atoms with Gasteiger partial charge in [-0.2, -0.15) is 0 Å². The molecule has 2 rings (SSSR count). The molecular weight excluding hydrogens is 200 g/mol. The van der Waals surface area contributed by atoms with Crippen LogP contribution in [0.15, 0.2) is 35.5 Å². The topological polar surface area (TPSA) is 33.6 Å². The second-order valence-electron chi connectivity index (χ2n) is 4.24. The molecule has 3 heteroatoms. The van der Waals surface area contributed by atoms with E-state index in [1.165, 1.54) is 0 Å². The van der Waals surface area contributed by atoms with Crippen LogP contribution in [-0.4, -0.2) is 18.3 Å². The number of hydrogen-bond donors (Lipinski definition) is 1. The maximum atomic E-state index is 5.34. The Labute approximate surface area is 96.5 Å². The predicted octanol–water partition coefficient (Wildman–Crippen LogP) is 2.33. The second kappa shape index (κ2) is 5.66. The molecule has 3 nitrogen and oxygen atoms in total. The van der Waals surface area contributed by atoms with Crippen LogP contribution in [0.3, 0.4) is 0 Å². The number of nitrogens with one attached hydrogen (secondary N) is 1. The third-order valence-corrected chi connectivity index (χ3v) is 2.79. The monoisotopic (exact) mass is 218 g/mol. The highest BCUT2D eigenvalue weighted by atomic mass is 16.6. The van der Waals surface area contributed by atoms with Gasteiger partial charge < -0.3 is 10.2 Å². The smallest absolute Gasteiger partial charge is 0.142 e. The average Bonchev–Trinajstić information content (AvgIpc) is 2.33. The molecule has 1 N–H and O–H groups in total. The maximum absolute atomic E-state index is 5.34. The zero-order valence-corrected chi connectivity index (χ0v) is 9.65. The number of hydrogen-bond acceptors (Lipinski definition) is 3. The number of benzene rings is 1. The van der Waals surface area contributed by atoms with Crippen molar-refractivity contribution in [2.24, 2.45) is 5.16 Å². The summed E-state index contributed by atoms with van der Waals surface area (Å²) in [5, 5.41) is 7.54. The SMILES string of the molecule is C[C@@H]1CC/C(=N/OCc2ccccc2)CN1. The van der Waals surface area contributed by atoms with Gasteiger partial charge in [0, 0.05) is 12.6 Å². The van der Waals surface area contributed by atoms with E-state index in [2.05, 4.69) is 17.4 Å². The molecular formula is C13H18N2O. The quantitative estimate of drug-likeness (QED) is 0.790. The molecule has 0 bridgehead atoms. The average molecular weight is 218 g/mol. The van der Waals surface area contributed by atoms with E-state index in [1.54, 1.807) is 0 Å². The zero-order valence-electron chi connectivity index (χ0n) is 9.65. The van der Waals surface area contributed by atoms with Crippen LogP contribution in [0, 0.1) is 0 Å². The summed E-state index contributed by atoms with van der Waals surface area (Å²) in [6, 6.07) is 10.7. The van der Waals surface area contributed by atoms with Gasteiger partial charge in [0.1, 0.15) is 6.61 Å². The standard InChI is InChI=1S/C13H18N2O/c1-11-7-8-13(9-14-11)15-16-10-12-5-3-2-4-6-12/h2-6,11,14H,7-10H2,1H3/b15-13-/t11-/m1/s1. The van der Waals surface area contributed by atoms with Gasteiger partial charge in [-0.05, 0) is 25.3 Å². The van der Waals surface area contributed by atoms with Crippen LogP contribution in [0.25, 0.3) is 0 Å². The Balaban J connectivity index is 1.77. The van der Waals surface area contributed by atoms with E-state index >= 15 is 0 Å². The third-order valence-electron chi connectivity index (χ3n) is 2.79. The first-order valence-electron chi connectivity index (χ1n) is 5.79. The van der Waals surface area contributed by atoms with Crippen LogP contribution < -0.4 is 5.32 Å². The summed E-state index contributed by atoms with van der Waals surface area (Å²) in [5.74, 6) is 0. The Morgan fingerprint density at radius 3 is 2.88 bits per heavy atom. The summed E-state index contributed by atoms with van der Waals surface area (Å²) in [7, 11) is 0. The van der Waals surface area contributed by atoms with E-state index in [0.717, 1.165) is 30.7 Å². The highest BCUT2D eigenvalue weighted by molar-refractivity contribution is 5.86. The fourth-order valence-electron chi connectivity index (χ4n) is 1.72. The minimum atomic E-state index is 0.555. The van der Waals surface area contributed by atoms with Gasteiger partial charge in [0.05, 0.1) is 5.71 Å². The van der Waals surface area contributed by atoms with Gasteiger partial charge in [0.25, 0.3) is 0 Å². The minimum absolute atomic E-state index is 0.555. The minimum Gasteiger partial charge on any atom is -0.391 e. The van der Waals surface area contributed by atoms with Crippen molar-refractivity contribution in [3.05, 3.63) is 35.9 Å². The van der Waals surface area contributed by atoms with Crippen molar-refractivity contribution < 1.29 is 4.84 Å². The van der Waals surface area contributed by atoms with E-state index in [9.17, 15) is 0 Å². The van der Waals surface area contributed by atoms with Crippen molar-refractivity contribution in [3.63, 3.8) is 0 Å². The molecule has 0 unspecified atom stereocenters. The van der Waals surface area contributed by atoms with Crippen LogP contribution in [-0.2, 0) is 11.4 Å². The third kappa shape index (κ3) is 3.35. The van der Waals surface area contributed by atoms with Crippen molar-refractivity contribution in [3.8, 4) is 0 Å². The molecule has 0 aliphatic carbocycles. The molecule has 86 valence electrons. The first-order valence-corrected chi connectivity index (χ1v) is 5.79. The van der Waals surface area contributed by atoms with Gasteiger partial charge in [0.2, 0.25) is 0 Å².